The van der Waals surface area contributed by atoms with Gasteiger partial charge in [0, 0.05) is 30.5 Å². The Morgan fingerprint density at radius 3 is 2.65 bits per heavy atom. The van der Waals surface area contributed by atoms with Crippen molar-refractivity contribution in [1.82, 2.24) is 14.8 Å². The van der Waals surface area contributed by atoms with Crippen LogP contribution in [0.2, 0.25) is 0 Å². The molecular formula is C13H16N4O3. The van der Waals surface area contributed by atoms with Crippen LogP contribution in [0.1, 0.15) is 31.1 Å². The minimum absolute atomic E-state index is 0.0494. The Labute approximate surface area is 116 Å². The van der Waals surface area contributed by atoms with Crippen molar-refractivity contribution in [2.45, 2.75) is 33.3 Å². The van der Waals surface area contributed by atoms with Crippen molar-refractivity contribution in [3.63, 3.8) is 0 Å². The number of aliphatic hydroxyl groups excluding tert-OH is 1. The molecule has 0 atom stereocenters. The summed E-state index contributed by atoms with van der Waals surface area (Å²) in [5.74, 6) is 1.48. The fourth-order valence-corrected chi connectivity index (χ4v) is 1.98. The molecule has 0 spiro atoms. The molecule has 7 heteroatoms. The lowest BCUT2D eigenvalue weighted by atomic mass is 10.1. The molecule has 0 radical (unpaired) electrons. The monoisotopic (exact) mass is 276 g/mol. The second-order valence-corrected chi connectivity index (χ2v) is 4.29. The van der Waals surface area contributed by atoms with Crippen LogP contribution < -0.4 is 0 Å². The van der Waals surface area contributed by atoms with Crippen molar-refractivity contribution in [1.29, 1.82) is 0 Å². The summed E-state index contributed by atoms with van der Waals surface area (Å²) in [6.45, 7) is 3.63. The SMILES string of the molecule is CCc1nc(CC)n(-c2ccc([N+](=O)[O-])cc2CO)n1. The van der Waals surface area contributed by atoms with Gasteiger partial charge in [0.05, 0.1) is 17.2 Å². The van der Waals surface area contributed by atoms with E-state index in [9.17, 15) is 15.2 Å². The van der Waals surface area contributed by atoms with Gasteiger partial charge in [0.1, 0.15) is 5.82 Å². The Morgan fingerprint density at radius 2 is 2.10 bits per heavy atom. The summed E-state index contributed by atoms with van der Waals surface area (Å²) in [5.41, 5.74) is 1.04. The van der Waals surface area contributed by atoms with Crippen LogP contribution in [-0.2, 0) is 19.4 Å². The Balaban J connectivity index is 2.57. The minimum atomic E-state index is -0.484. The molecule has 1 heterocycles. The lowest BCUT2D eigenvalue weighted by molar-refractivity contribution is -0.384. The lowest BCUT2D eigenvalue weighted by Crippen LogP contribution is -2.06. The van der Waals surface area contributed by atoms with Crippen molar-refractivity contribution in [2.24, 2.45) is 0 Å². The quantitative estimate of drug-likeness (QED) is 0.663. The van der Waals surface area contributed by atoms with Crippen LogP contribution in [0.25, 0.3) is 5.69 Å². The first kappa shape index (κ1) is 14.1. The second kappa shape index (κ2) is 5.79. The molecule has 0 aliphatic carbocycles. The number of aryl methyl sites for hydroxylation is 2. The van der Waals surface area contributed by atoms with Crippen LogP contribution in [-0.4, -0.2) is 24.8 Å². The molecule has 1 N–H and O–H groups in total. The molecule has 0 aliphatic heterocycles. The van der Waals surface area contributed by atoms with Crippen molar-refractivity contribution >= 4 is 5.69 Å². The highest BCUT2D eigenvalue weighted by Gasteiger charge is 2.15. The predicted molar refractivity (Wildman–Crippen MR) is 72.7 cm³/mol. The summed E-state index contributed by atoms with van der Waals surface area (Å²) >= 11 is 0. The maximum absolute atomic E-state index is 10.8. The minimum Gasteiger partial charge on any atom is -0.392 e. The molecule has 2 rings (SSSR count). The molecule has 2 aromatic rings. The first-order chi connectivity index (χ1) is 9.60. The molecule has 7 nitrogen and oxygen atoms in total. The number of nitro groups is 1. The molecule has 0 bridgehead atoms. The zero-order chi connectivity index (χ0) is 14.7. The topological polar surface area (TPSA) is 94.1 Å². The summed E-state index contributed by atoms with van der Waals surface area (Å²) in [5, 5.41) is 24.6. The van der Waals surface area contributed by atoms with Crippen LogP contribution in [0.15, 0.2) is 18.2 Å². The van der Waals surface area contributed by atoms with E-state index in [0.29, 0.717) is 29.9 Å². The van der Waals surface area contributed by atoms with Crippen molar-refractivity contribution in [3.05, 3.63) is 45.5 Å². The standard InChI is InChI=1S/C13H16N4O3/c1-3-12-14-13(4-2)16(15-12)11-6-5-10(17(19)20)7-9(11)8-18/h5-7,18H,3-4,8H2,1-2H3. The van der Waals surface area contributed by atoms with E-state index in [-0.39, 0.29) is 12.3 Å². The van der Waals surface area contributed by atoms with Gasteiger partial charge in [0.15, 0.2) is 5.82 Å². The molecule has 0 saturated heterocycles. The van der Waals surface area contributed by atoms with Gasteiger partial charge in [-0.15, -0.1) is 0 Å². The molecule has 1 aromatic carbocycles. The zero-order valence-electron chi connectivity index (χ0n) is 11.4. The number of non-ortho nitro benzene ring substituents is 1. The maximum atomic E-state index is 10.8. The van der Waals surface area contributed by atoms with E-state index < -0.39 is 4.92 Å². The first-order valence-electron chi connectivity index (χ1n) is 6.44. The van der Waals surface area contributed by atoms with Gasteiger partial charge in [-0.2, -0.15) is 5.10 Å². The average molecular weight is 276 g/mol. The van der Waals surface area contributed by atoms with E-state index in [0.717, 1.165) is 5.82 Å². The predicted octanol–water partition coefficient (Wildman–Crippen LogP) is 1.79. The van der Waals surface area contributed by atoms with E-state index in [1.807, 2.05) is 13.8 Å². The van der Waals surface area contributed by atoms with Crippen molar-refractivity contribution in [2.75, 3.05) is 0 Å². The van der Waals surface area contributed by atoms with Gasteiger partial charge in [-0.25, -0.2) is 9.67 Å². The summed E-state index contributed by atoms with van der Waals surface area (Å²) in [6.07, 6.45) is 1.40. The van der Waals surface area contributed by atoms with Crippen molar-refractivity contribution in [3.8, 4) is 5.69 Å². The van der Waals surface area contributed by atoms with Crippen LogP contribution in [0, 0.1) is 10.1 Å². The highest BCUT2D eigenvalue weighted by atomic mass is 16.6. The van der Waals surface area contributed by atoms with E-state index in [1.165, 1.54) is 12.1 Å². The zero-order valence-corrected chi connectivity index (χ0v) is 11.4. The molecule has 0 saturated carbocycles. The third-order valence-corrected chi connectivity index (χ3v) is 3.02. The third-order valence-electron chi connectivity index (χ3n) is 3.02. The number of rotatable bonds is 5. The fourth-order valence-electron chi connectivity index (χ4n) is 1.98. The second-order valence-electron chi connectivity index (χ2n) is 4.29. The van der Waals surface area contributed by atoms with Crippen LogP contribution >= 0.6 is 0 Å². The Morgan fingerprint density at radius 1 is 1.35 bits per heavy atom. The first-order valence-corrected chi connectivity index (χ1v) is 6.44. The molecule has 20 heavy (non-hydrogen) atoms. The highest BCUT2D eigenvalue weighted by Crippen LogP contribution is 2.22. The number of hydrogen-bond acceptors (Lipinski definition) is 5. The van der Waals surface area contributed by atoms with E-state index in [2.05, 4.69) is 10.1 Å². The van der Waals surface area contributed by atoms with Gasteiger partial charge in [-0.1, -0.05) is 13.8 Å². The van der Waals surface area contributed by atoms with Gasteiger partial charge >= 0.3 is 0 Å². The Hall–Kier alpha value is -2.28. The smallest absolute Gasteiger partial charge is 0.269 e. The number of aromatic nitrogens is 3. The number of nitro benzene ring substituents is 1. The fraction of sp³-hybridized carbons (Fsp3) is 0.385. The largest absolute Gasteiger partial charge is 0.392 e. The molecule has 1 aromatic heterocycles. The normalized spacial score (nSPS) is 10.8. The summed E-state index contributed by atoms with van der Waals surface area (Å²) in [7, 11) is 0. The highest BCUT2D eigenvalue weighted by molar-refractivity contribution is 5.48. The maximum Gasteiger partial charge on any atom is 0.269 e. The molecule has 0 unspecified atom stereocenters. The van der Waals surface area contributed by atoms with E-state index >= 15 is 0 Å². The average Bonchev–Trinajstić information content (AvgIpc) is 2.89. The van der Waals surface area contributed by atoms with Gasteiger partial charge in [-0.3, -0.25) is 10.1 Å². The summed E-state index contributed by atoms with van der Waals surface area (Å²) in [6, 6.07) is 4.36. The number of aliphatic hydroxyl groups is 1. The number of hydrogen-bond donors (Lipinski definition) is 1. The molecule has 0 fully saturated rings. The Bertz CT molecular complexity index is 637. The summed E-state index contributed by atoms with van der Waals surface area (Å²) in [4.78, 5) is 14.7. The molecule has 106 valence electrons. The van der Waals surface area contributed by atoms with Crippen LogP contribution in [0.5, 0.6) is 0 Å². The molecule has 0 amide bonds. The third kappa shape index (κ3) is 2.53. The van der Waals surface area contributed by atoms with Gasteiger partial charge in [-0.05, 0) is 6.07 Å². The van der Waals surface area contributed by atoms with Gasteiger partial charge in [0.2, 0.25) is 0 Å². The van der Waals surface area contributed by atoms with E-state index in [1.54, 1.807) is 10.7 Å². The van der Waals surface area contributed by atoms with Gasteiger partial charge < -0.3 is 5.11 Å². The van der Waals surface area contributed by atoms with Crippen molar-refractivity contribution < 1.29 is 10.0 Å². The summed E-state index contributed by atoms with van der Waals surface area (Å²) < 4.78 is 1.65. The van der Waals surface area contributed by atoms with Crippen LogP contribution in [0.3, 0.4) is 0 Å². The Kier molecular flexibility index (Phi) is 4.09. The van der Waals surface area contributed by atoms with Crippen LogP contribution in [0.4, 0.5) is 5.69 Å². The number of benzene rings is 1. The number of nitrogens with zero attached hydrogens (tertiary/aromatic N) is 4. The molecule has 0 aliphatic rings. The molecular weight excluding hydrogens is 260 g/mol. The van der Waals surface area contributed by atoms with E-state index in [4.69, 9.17) is 0 Å². The lowest BCUT2D eigenvalue weighted by Gasteiger charge is -2.09. The van der Waals surface area contributed by atoms with Gasteiger partial charge in [0.25, 0.3) is 5.69 Å².